The van der Waals surface area contributed by atoms with Gasteiger partial charge in [-0.25, -0.2) is 4.98 Å². The average molecular weight is 502 g/mol. The first-order valence-electron chi connectivity index (χ1n) is 10.9. The highest BCUT2D eigenvalue weighted by Crippen LogP contribution is 2.11. The summed E-state index contributed by atoms with van der Waals surface area (Å²) in [6.45, 7) is 6.34. The van der Waals surface area contributed by atoms with Crippen molar-refractivity contribution in [3.05, 3.63) is 37.7 Å². The number of amides is 2. The number of carbonyl (C=O) groups is 2. The summed E-state index contributed by atoms with van der Waals surface area (Å²) in [4.78, 5) is 43.9. The van der Waals surface area contributed by atoms with Crippen molar-refractivity contribution in [1.29, 1.82) is 5.26 Å². The highest BCUT2D eigenvalue weighted by atomic mass is 32.2. The Labute approximate surface area is 205 Å². The zero-order chi connectivity index (χ0) is 24.5. The maximum atomic E-state index is 12.8. The van der Waals surface area contributed by atoms with Crippen LogP contribution in [0.4, 0.5) is 11.6 Å². The van der Waals surface area contributed by atoms with Gasteiger partial charge in [0.1, 0.15) is 26.9 Å². The van der Waals surface area contributed by atoms with Gasteiger partial charge in [-0.15, -0.1) is 11.3 Å². The smallest absolute Gasteiger partial charge is 0.270 e. The molecule has 2 aromatic heterocycles. The fraction of sp³-hybridized carbons (Fsp3) is 0.409. The van der Waals surface area contributed by atoms with Crippen molar-refractivity contribution in [2.75, 3.05) is 48.3 Å². The molecule has 2 amide bonds. The number of pyridine rings is 1. The summed E-state index contributed by atoms with van der Waals surface area (Å²) in [7, 11) is 0. The van der Waals surface area contributed by atoms with Crippen LogP contribution in [0.15, 0.2) is 23.0 Å². The quantitative estimate of drug-likeness (QED) is 0.460. The zero-order valence-corrected chi connectivity index (χ0v) is 20.7. The zero-order valence-electron chi connectivity index (χ0n) is 19.1. The van der Waals surface area contributed by atoms with Gasteiger partial charge in [0.2, 0.25) is 5.91 Å². The standard InChI is InChI=1S/C22H27N7O3S2/c1-3-24-20(31)15(12-23)22-29(4-2)21(32)16(34-22)13-25-17-6-5-7-18(26-17)27-19(30)14-28-8-10-33-11-9-28/h5-7,13H,3-4,8-11,14H2,1-2H3,(H,24,31)(H2,25,26,27,30). The van der Waals surface area contributed by atoms with Crippen LogP contribution in [0.5, 0.6) is 0 Å². The number of nitriles is 1. The van der Waals surface area contributed by atoms with Gasteiger partial charge < -0.3 is 16.0 Å². The average Bonchev–Trinajstić information content (AvgIpc) is 3.14. The van der Waals surface area contributed by atoms with Gasteiger partial charge in [0.05, 0.1) is 6.54 Å². The molecule has 3 rings (SSSR count). The molecule has 0 unspecified atom stereocenters. The van der Waals surface area contributed by atoms with E-state index in [1.54, 1.807) is 32.0 Å². The number of carbonyl (C=O) groups excluding carboxylic acids is 2. The lowest BCUT2D eigenvalue weighted by molar-refractivity contribution is -0.117. The summed E-state index contributed by atoms with van der Waals surface area (Å²) >= 11 is 2.95. The number of aromatic nitrogens is 2. The van der Waals surface area contributed by atoms with E-state index in [0.717, 1.165) is 35.9 Å². The highest BCUT2D eigenvalue weighted by Gasteiger charge is 2.15. The number of hydrogen-bond acceptors (Lipinski definition) is 9. The molecule has 1 aliphatic rings. The predicted molar refractivity (Wildman–Crippen MR) is 136 cm³/mol. The Balaban J connectivity index is 1.80. The molecule has 0 aromatic carbocycles. The van der Waals surface area contributed by atoms with Gasteiger partial charge in [0.15, 0.2) is 5.57 Å². The first-order valence-corrected chi connectivity index (χ1v) is 12.9. The van der Waals surface area contributed by atoms with Crippen molar-refractivity contribution in [2.24, 2.45) is 0 Å². The lowest BCUT2D eigenvalue weighted by Crippen LogP contribution is -2.38. The summed E-state index contributed by atoms with van der Waals surface area (Å²) in [5.74, 6) is 2.27. The predicted octanol–water partition coefficient (Wildman–Crippen LogP) is -0.0275. The van der Waals surface area contributed by atoms with Crippen LogP contribution in [0.2, 0.25) is 0 Å². The van der Waals surface area contributed by atoms with Crippen molar-refractivity contribution < 1.29 is 9.59 Å². The first kappa shape index (κ1) is 25.5. The van der Waals surface area contributed by atoms with Crippen molar-refractivity contribution in [2.45, 2.75) is 20.4 Å². The molecular formula is C22H27N7O3S2. The van der Waals surface area contributed by atoms with Crippen molar-refractivity contribution in [1.82, 2.24) is 19.8 Å². The molecule has 180 valence electrons. The molecule has 1 aliphatic heterocycles. The third kappa shape index (κ3) is 6.47. The lowest BCUT2D eigenvalue weighted by atomic mass is 10.3. The maximum absolute atomic E-state index is 12.8. The number of rotatable bonds is 8. The minimum atomic E-state index is -0.513. The van der Waals surface area contributed by atoms with Gasteiger partial charge in [0, 0.05) is 43.9 Å². The molecule has 34 heavy (non-hydrogen) atoms. The number of thiazole rings is 1. The lowest BCUT2D eigenvalue weighted by Gasteiger charge is -2.25. The van der Waals surface area contributed by atoms with E-state index in [1.807, 2.05) is 17.8 Å². The number of anilines is 2. The van der Waals surface area contributed by atoms with Gasteiger partial charge >= 0.3 is 0 Å². The summed E-state index contributed by atoms with van der Waals surface area (Å²) in [6, 6.07) is 7.07. The van der Waals surface area contributed by atoms with Crippen LogP contribution < -0.4 is 30.7 Å². The van der Waals surface area contributed by atoms with E-state index in [0.29, 0.717) is 40.5 Å². The van der Waals surface area contributed by atoms with Crippen molar-refractivity contribution in [3.8, 4) is 6.07 Å². The summed E-state index contributed by atoms with van der Waals surface area (Å²) in [5.41, 5.74) is -0.406. The Kier molecular flexibility index (Phi) is 9.26. The molecule has 1 saturated heterocycles. The van der Waals surface area contributed by atoms with Crippen LogP contribution in [0, 0.1) is 11.3 Å². The fourth-order valence-corrected chi connectivity index (χ4v) is 5.37. The monoisotopic (exact) mass is 501 g/mol. The number of thioether (sulfide) groups is 1. The third-order valence-corrected chi connectivity index (χ3v) is 7.03. The van der Waals surface area contributed by atoms with E-state index in [2.05, 4.69) is 25.8 Å². The van der Waals surface area contributed by atoms with Gasteiger partial charge in [0.25, 0.3) is 11.5 Å². The van der Waals surface area contributed by atoms with E-state index < -0.39 is 5.91 Å². The second kappa shape index (κ2) is 12.4. The van der Waals surface area contributed by atoms with Crippen LogP contribution in [-0.2, 0) is 16.1 Å². The number of nitrogens with one attached hydrogen (secondary N) is 3. The Morgan fingerprint density at radius 2 is 1.97 bits per heavy atom. The van der Waals surface area contributed by atoms with Crippen molar-refractivity contribution in [3.63, 3.8) is 0 Å². The van der Waals surface area contributed by atoms with E-state index in [9.17, 15) is 19.6 Å². The number of hydrogen-bond donors (Lipinski definition) is 3. The third-order valence-electron chi connectivity index (χ3n) is 4.95. The molecule has 0 atom stereocenters. The number of nitrogens with zero attached hydrogens (tertiary/aromatic N) is 4. The molecule has 12 heteroatoms. The topological polar surface area (TPSA) is 132 Å². The van der Waals surface area contributed by atoms with E-state index in [-0.39, 0.29) is 17.0 Å². The SMILES string of the molecule is CCNC(=O)C(C#N)=c1sc(=CNc2cccc(NC(=O)CN3CCSCC3)n2)c(=O)n1CC. The second-order valence-corrected chi connectivity index (χ2v) is 9.56. The Bertz CT molecular complexity index is 1260. The van der Waals surface area contributed by atoms with Crippen LogP contribution in [-0.4, -0.2) is 64.0 Å². The molecule has 0 radical (unpaired) electrons. The normalized spacial score (nSPS) is 15.4. The summed E-state index contributed by atoms with van der Waals surface area (Å²) < 4.78 is 2.03. The van der Waals surface area contributed by atoms with E-state index in [1.165, 1.54) is 10.8 Å². The molecular weight excluding hydrogens is 474 g/mol. The minimum absolute atomic E-state index is 0.0967. The summed E-state index contributed by atoms with van der Waals surface area (Å²) in [5, 5.41) is 17.9. The highest BCUT2D eigenvalue weighted by molar-refractivity contribution is 7.99. The molecule has 0 saturated carbocycles. The summed E-state index contributed by atoms with van der Waals surface area (Å²) in [6.07, 6.45) is 1.49. The van der Waals surface area contributed by atoms with Crippen LogP contribution in [0.3, 0.4) is 0 Å². The molecule has 2 aromatic rings. The minimum Gasteiger partial charge on any atom is -0.352 e. The van der Waals surface area contributed by atoms with E-state index >= 15 is 0 Å². The molecule has 3 N–H and O–H groups in total. The van der Waals surface area contributed by atoms with Gasteiger partial charge in [-0.3, -0.25) is 23.9 Å². The molecule has 0 spiro atoms. The van der Waals surface area contributed by atoms with Gasteiger partial charge in [-0.05, 0) is 26.0 Å². The van der Waals surface area contributed by atoms with Gasteiger partial charge in [-0.1, -0.05) is 6.07 Å². The first-order chi connectivity index (χ1) is 16.5. The molecule has 10 nitrogen and oxygen atoms in total. The van der Waals surface area contributed by atoms with Crippen LogP contribution >= 0.6 is 23.1 Å². The van der Waals surface area contributed by atoms with Crippen LogP contribution in [0.1, 0.15) is 13.8 Å². The second-order valence-electron chi connectivity index (χ2n) is 7.30. The Hall–Kier alpha value is -3.14. The molecule has 0 aliphatic carbocycles. The molecule has 1 fully saturated rings. The fourth-order valence-electron chi connectivity index (χ4n) is 3.31. The van der Waals surface area contributed by atoms with Crippen LogP contribution in [0.25, 0.3) is 11.8 Å². The van der Waals surface area contributed by atoms with E-state index in [4.69, 9.17) is 0 Å². The molecule has 0 bridgehead atoms. The van der Waals surface area contributed by atoms with Gasteiger partial charge in [-0.2, -0.15) is 17.0 Å². The Morgan fingerprint density at radius 1 is 1.24 bits per heavy atom. The molecule has 3 heterocycles. The van der Waals surface area contributed by atoms with Crippen molar-refractivity contribution >= 4 is 58.3 Å². The maximum Gasteiger partial charge on any atom is 0.270 e. The largest absolute Gasteiger partial charge is 0.352 e. The Morgan fingerprint density at radius 3 is 2.65 bits per heavy atom.